The predicted octanol–water partition coefficient (Wildman–Crippen LogP) is 5.61. The second-order valence-corrected chi connectivity index (χ2v) is 9.17. The van der Waals surface area contributed by atoms with E-state index in [-0.39, 0.29) is 18.1 Å². The molecule has 0 aliphatic heterocycles. The van der Waals surface area contributed by atoms with Crippen molar-refractivity contribution in [1.29, 1.82) is 5.26 Å². The van der Waals surface area contributed by atoms with E-state index in [2.05, 4.69) is 21.0 Å². The maximum Gasteiger partial charge on any atom is 0.513 e. The molecular formula is C23H20BrN2O5P. The number of carbonyl (C=O) groups excluding carboxylic acids is 1. The van der Waals surface area contributed by atoms with Gasteiger partial charge in [-0.25, -0.2) is 4.57 Å². The molecule has 32 heavy (non-hydrogen) atoms. The quantitative estimate of drug-likeness (QED) is 0.292. The van der Waals surface area contributed by atoms with Crippen molar-refractivity contribution in [3.05, 3.63) is 94.5 Å². The molecule has 0 spiro atoms. The summed E-state index contributed by atoms with van der Waals surface area (Å²) in [6.07, 6.45) is 0. The molecule has 3 aromatic carbocycles. The summed E-state index contributed by atoms with van der Waals surface area (Å²) in [4.78, 5) is 12.5. The Labute approximate surface area is 194 Å². The Hall–Kier alpha value is -3.11. The molecule has 0 fully saturated rings. The number of benzene rings is 3. The average molecular weight is 515 g/mol. The van der Waals surface area contributed by atoms with Crippen LogP contribution in [0.25, 0.3) is 0 Å². The van der Waals surface area contributed by atoms with Crippen LogP contribution in [0.15, 0.2) is 83.3 Å². The third kappa shape index (κ3) is 6.69. The molecule has 0 aliphatic rings. The maximum atomic E-state index is 13.6. The second-order valence-electron chi connectivity index (χ2n) is 6.69. The van der Waals surface area contributed by atoms with Crippen LogP contribution in [0.3, 0.4) is 0 Å². The number of rotatable bonds is 9. The van der Waals surface area contributed by atoms with E-state index in [0.29, 0.717) is 10.0 Å². The molecule has 3 aromatic rings. The van der Waals surface area contributed by atoms with Crippen molar-refractivity contribution < 1.29 is 23.1 Å². The minimum Gasteiger partial charge on any atom is -0.460 e. The summed E-state index contributed by atoms with van der Waals surface area (Å²) in [6, 6.07) is 23.2. The zero-order chi connectivity index (χ0) is 23.0. The van der Waals surface area contributed by atoms with Gasteiger partial charge in [0.1, 0.15) is 24.1 Å². The first-order chi connectivity index (χ1) is 15.4. The lowest BCUT2D eigenvalue weighted by Gasteiger charge is -2.23. The van der Waals surface area contributed by atoms with Gasteiger partial charge >= 0.3 is 13.7 Å². The van der Waals surface area contributed by atoms with Crippen molar-refractivity contribution in [2.45, 2.75) is 19.6 Å². The van der Waals surface area contributed by atoms with Gasteiger partial charge in [0.15, 0.2) is 0 Å². The van der Waals surface area contributed by atoms with Crippen LogP contribution in [-0.4, -0.2) is 12.0 Å². The third-order valence-corrected chi connectivity index (χ3v) is 6.39. The Kier molecular flexibility index (Phi) is 8.07. The molecule has 3 rings (SSSR count). The van der Waals surface area contributed by atoms with E-state index in [0.717, 1.165) is 5.56 Å². The molecule has 164 valence electrons. The summed E-state index contributed by atoms with van der Waals surface area (Å²) in [6.45, 7) is 1.59. The Morgan fingerprint density at radius 1 is 1.06 bits per heavy atom. The Bertz CT molecular complexity index is 1150. The standard InChI is InChI=1S/C23H20BrN2O5P/c1-17(23(27)29-16-18-8-4-2-5-9-18)26-32(28,30-20-10-6-3-7-11-20)31-22-13-12-19(15-25)14-21(22)24/h2-14,17H,16H2,1H3,(H,26,28)/t17-,32?/m0/s1. The van der Waals surface area contributed by atoms with Gasteiger partial charge in [0.05, 0.1) is 16.1 Å². The van der Waals surface area contributed by atoms with E-state index < -0.39 is 19.8 Å². The summed E-state index contributed by atoms with van der Waals surface area (Å²) in [5.74, 6) is -0.146. The van der Waals surface area contributed by atoms with Crippen LogP contribution in [0.1, 0.15) is 18.1 Å². The molecule has 1 N–H and O–H groups in total. The minimum atomic E-state index is -4.08. The number of hydrogen-bond acceptors (Lipinski definition) is 6. The molecular weight excluding hydrogens is 495 g/mol. The normalized spacial score (nSPS) is 13.3. The summed E-state index contributed by atoms with van der Waals surface area (Å²) in [5, 5.41) is 11.7. The number of halogens is 1. The highest BCUT2D eigenvalue weighted by atomic mass is 79.9. The van der Waals surface area contributed by atoms with Gasteiger partial charge in [-0.1, -0.05) is 48.5 Å². The fraction of sp³-hybridized carbons (Fsp3) is 0.130. The van der Waals surface area contributed by atoms with Gasteiger partial charge < -0.3 is 13.8 Å². The zero-order valence-electron chi connectivity index (χ0n) is 17.1. The number of hydrogen-bond donors (Lipinski definition) is 1. The van der Waals surface area contributed by atoms with Crippen molar-refractivity contribution in [2.75, 3.05) is 0 Å². The molecule has 0 radical (unpaired) electrons. The van der Waals surface area contributed by atoms with Crippen LogP contribution in [0.2, 0.25) is 0 Å². The molecule has 0 saturated heterocycles. The van der Waals surface area contributed by atoms with Crippen LogP contribution in [-0.2, 0) is 20.7 Å². The fourth-order valence-electron chi connectivity index (χ4n) is 2.61. The molecule has 2 atom stereocenters. The fourth-order valence-corrected chi connectivity index (χ4v) is 4.73. The van der Waals surface area contributed by atoms with Crippen molar-refractivity contribution in [3.8, 4) is 17.6 Å². The van der Waals surface area contributed by atoms with Gasteiger partial charge in [0.25, 0.3) is 0 Å². The van der Waals surface area contributed by atoms with E-state index in [9.17, 15) is 9.36 Å². The number of esters is 1. The minimum absolute atomic E-state index is 0.0809. The van der Waals surface area contributed by atoms with Crippen LogP contribution < -0.4 is 14.1 Å². The maximum absolute atomic E-state index is 13.6. The van der Waals surface area contributed by atoms with Crippen molar-refractivity contribution in [2.24, 2.45) is 0 Å². The predicted molar refractivity (Wildman–Crippen MR) is 123 cm³/mol. The Balaban J connectivity index is 1.76. The smallest absolute Gasteiger partial charge is 0.460 e. The van der Waals surface area contributed by atoms with Gasteiger partial charge in [-0.2, -0.15) is 10.3 Å². The van der Waals surface area contributed by atoms with Gasteiger partial charge in [-0.15, -0.1) is 0 Å². The first kappa shape index (κ1) is 23.6. The van der Waals surface area contributed by atoms with Crippen LogP contribution in [0.5, 0.6) is 11.5 Å². The first-order valence-electron chi connectivity index (χ1n) is 9.61. The molecule has 0 aliphatic carbocycles. The summed E-state index contributed by atoms with van der Waals surface area (Å²) in [5.41, 5.74) is 1.23. The number of para-hydroxylation sites is 1. The number of ether oxygens (including phenoxy) is 1. The lowest BCUT2D eigenvalue weighted by molar-refractivity contribution is -0.146. The highest BCUT2D eigenvalue weighted by Crippen LogP contribution is 2.47. The van der Waals surface area contributed by atoms with Crippen molar-refractivity contribution in [1.82, 2.24) is 5.09 Å². The molecule has 0 amide bonds. The van der Waals surface area contributed by atoms with Crippen LogP contribution >= 0.6 is 23.7 Å². The largest absolute Gasteiger partial charge is 0.513 e. The molecule has 0 heterocycles. The Morgan fingerprint density at radius 3 is 2.34 bits per heavy atom. The van der Waals surface area contributed by atoms with E-state index in [1.165, 1.54) is 25.1 Å². The van der Waals surface area contributed by atoms with Crippen molar-refractivity contribution in [3.63, 3.8) is 0 Å². The van der Waals surface area contributed by atoms with Gasteiger partial charge in [-0.3, -0.25) is 4.79 Å². The summed E-state index contributed by atoms with van der Waals surface area (Å²) < 4.78 is 30.6. The average Bonchev–Trinajstić information content (AvgIpc) is 2.80. The molecule has 1 unspecified atom stereocenters. The lowest BCUT2D eigenvalue weighted by atomic mass is 10.2. The topological polar surface area (TPSA) is 97.6 Å². The number of nitrogens with zero attached hydrogens (tertiary/aromatic N) is 1. The third-order valence-electron chi connectivity index (χ3n) is 4.18. The summed E-state index contributed by atoms with van der Waals surface area (Å²) in [7, 11) is -4.08. The number of nitrogens with one attached hydrogen (secondary N) is 1. The van der Waals surface area contributed by atoms with Gasteiger partial charge in [0.2, 0.25) is 0 Å². The van der Waals surface area contributed by atoms with E-state index in [4.69, 9.17) is 19.0 Å². The molecule has 0 aromatic heterocycles. The van der Waals surface area contributed by atoms with E-state index in [1.807, 2.05) is 36.4 Å². The zero-order valence-corrected chi connectivity index (χ0v) is 19.6. The molecule has 0 saturated carbocycles. The molecule has 7 nitrogen and oxygen atoms in total. The number of carbonyl (C=O) groups is 1. The highest BCUT2D eigenvalue weighted by molar-refractivity contribution is 9.10. The number of nitriles is 1. The van der Waals surface area contributed by atoms with E-state index >= 15 is 0 Å². The SMILES string of the molecule is C[C@H](NP(=O)(Oc1ccccc1)Oc1ccc(C#N)cc1Br)C(=O)OCc1ccccc1. The monoisotopic (exact) mass is 514 g/mol. The van der Waals surface area contributed by atoms with Crippen LogP contribution in [0, 0.1) is 11.3 Å². The highest BCUT2D eigenvalue weighted by Gasteiger charge is 2.34. The Morgan fingerprint density at radius 2 is 1.72 bits per heavy atom. The van der Waals surface area contributed by atoms with Gasteiger partial charge in [-0.05, 0) is 58.7 Å². The summed E-state index contributed by atoms with van der Waals surface area (Å²) >= 11 is 3.30. The van der Waals surface area contributed by atoms with E-state index in [1.54, 1.807) is 30.3 Å². The molecule has 0 bridgehead atoms. The second kappa shape index (κ2) is 11.0. The van der Waals surface area contributed by atoms with Gasteiger partial charge in [0, 0.05) is 0 Å². The van der Waals surface area contributed by atoms with Crippen LogP contribution in [0.4, 0.5) is 0 Å². The lowest BCUT2D eigenvalue weighted by Crippen LogP contribution is -2.35. The van der Waals surface area contributed by atoms with Crippen molar-refractivity contribution >= 4 is 29.6 Å². The molecule has 9 heteroatoms. The first-order valence-corrected chi connectivity index (χ1v) is 11.9.